The molecule has 4 aromatic rings. The molecular formula is C23H21NS. The second kappa shape index (κ2) is 6.53. The van der Waals surface area contributed by atoms with E-state index in [-0.39, 0.29) is 0 Å². The molecule has 4 rings (SSSR count). The number of rotatable bonds is 3. The molecule has 1 heterocycles. The van der Waals surface area contributed by atoms with Crippen molar-refractivity contribution in [2.45, 2.75) is 31.6 Å². The van der Waals surface area contributed by atoms with E-state index < -0.39 is 0 Å². The molecule has 0 atom stereocenters. The second-order valence-electron chi connectivity index (χ2n) is 6.68. The fourth-order valence-corrected chi connectivity index (χ4v) is 4.43. The summed E-state index contributed by atoms with van der Waals surface area (Å²) in [6.45, 7) is 6.49. The summed E-state index contributed by atoms with van der Waals surface area (Å²) in [5.41, 5.74) is 6.35. The largest absolute Gasteiger partial charge is 0.241 e. The minimum Gasteiger partial charge on any atom is -0.241 e. The number of nitrogens with zero attached hydrogens (tertiary/aromatic N) is 1. The maximum absolute atomic E-state index is 4.93. The fourth-order valence-electron chi connectivity index (χ4n) is 3.46. The number of aryl methyl sites for hydroxylation is 3. The molecule has 0 aliphatic rings. The lowest BCUT2D eigenvalue weighted by Crippen LogP contribution is -1.92. The Kier molecular flexibility index (Phi) is 4.22. The smallest absolute Gasteiger partial charge is 0.0973 e. The van der Waals surface area contributed by atoms with Gasteiger partial charge in [-0.1, -0.05) is 54.1 Å². The Balaban J connectivity index is 1.69. The summed E-state index contributed by atoms with van der Waals surface area (Å²) < 4.78 is 0. The predicted molar refractivity (Wildman–Crippen MR) is 109 cm³/mol. The van der Waals surface area contributed by atoms with Gasteiger partial charge in [-0.25, -0.2) is 4.98 Å². The van der Waals surface area contributed by atoms with Crippen molar-refractivity contribution in [2.75, 3.05) is 0 Å². The zero-order valence-corrected chi connectivity index (χ0v) is 15.7. The van der Waals surface area contributed by atoms with Crippen LogP contribution in [0, 0.1) is 20.8 Å². The molecule has 0 N–H and O–H groups in total. The summed E-state index contributed by atoms with van der Waals surface area (Å²) >= 11 is 1.82. The Bertz CT molecular complexity index is 1080. The van der Waals surface area contributed by atoms with Crippen molar-refractivity contribution in [3.8, 4) is 0 Å². The van der Waals surface area contributed by atoms with Crippen LogP contribution in [-0.2, 0) is 5.75 Å². The zero-order valence-electron chi connectivity index (χ0n) is 14.8. The molecule has 0 unspecified atom stereocenters. The Morgan fingerprint density at radius 1 is 0.800 bits per heavy atom. The van der Waals surface area contributed by atoms with Gasteiger partial charge in [-0.15, -0.1) is 11.8 Å². The van der Waals surface area contributed by atoms with Crippen LogP contribution < -0.4 is 0 Å². The molecule has 0 saturated carbocycles. The van der Waals surface area contributed by atoms with Gasteiger partial charge in [0, 0.05) is 11.1 Å². The van der Waals surface area contributed by atoms with E-state index in [9.17, 15) is 0 Å². The van der Waals surface area contributed by atoms with Gasteiger partial charge in [-0.2, -0.15) is 0 Å². The number of thioether (sulfide) groups is 1. The van der Waals surface area contributed by atoms with Gasteiger partial charge in [0.15, 0.2) is 0 Å². The minimum absolute atomic E-state index is 0.935. The van der Waals surface area contributed by atoms with Crippen LogP contribution in [0.25, 0.3) is 21.7 Å². The third-order valence-electron chi connectivity index (χ3n) is 4.69. The van der Waals surface area contributed by atoms with E-state index in [2.05, 4.69) is 81.4 Å². The standard InChI is InChI=1S/C23H21NS/c1-15-11-17(3)23-21(12-15)16(2)13-22(24-23)25-14-19-9-6-8-18-7-4-5-10-20(18)19/h4-13H,14H2,1-3H3. The van der Waals surface area contributed by atoms with Gasteiger partial charge < -0.3 is 0 Å². The quantitative estimate of drug-likeness (QED) is 0.388. The molecule has 0 aliphatic carbocycles. The van der Waals surface area contributed by atoms with Gasteiger partial charge in [-0.05, 0) is 60.4 Å². The Morgan fingerprint density at radius 2 is 1.60 bits per heavy atom. The molecule has 0 radical (unpaired) electrons. The maximum Gasteiger partial charge on any atom is 0.0973 e. The lowest BCUT2D eigenvalue weighted by Gasteiger charge is -2.10. The van der Waals surface area contributed by atoms with Crippen LogP contribution in [0.5, 0.6) is 0 Å². The van der Waals surface area contributed by atoms with Crippen LogP contribution in [0.4, 0.5) is 0 Å². The van der Waals surface area contributed by atoms with Gasteiger partial charge >= 0.3 is 0 Å². The molecule has 1 nitrogen and oxygen atoms in total. The summed E-state index contributed by atoms with van der Waals surface area (Å²) in [6.07, 6.45) is 0. The molecule has 2 heteroatoms. The normalized spacial score (nSPS) is 11.3. The third-order valence-corrected chi connectivity index (χ3v) is 5.65. The van der Waals surface area contributed by atoms with Gasteiger partial charge in [0.05, 0.1) is 10.5 Å². The molecule has 0 spiro atoms. The monoisotopic (exact) mass is 343 g/mol. The average Bonchev–Trinajstić information content (AvgIpc) is 2.61. The molecule has 124 valence electrons. The first-order chi connectivity index (χ1) is 12.1. The van der Waals surface area contributed by atoms with E-state index in [1.54, 1.807) is 0 Å². The van der Waals surface area contributed by atoms with Crippen LogP contribution in [0.2, 0.25) is 0 Å². The van der Waals surface area contributed by atoms with E-state index >= 15 is 0 Å². The van der Waals surface area contributed by atoms with Crippen molar-refractivity contribution in [2.24, 2.45) is 0 Å². The van der Waals surface area contributed by atoms with Crippen molar-refractivity contribution >= 4 is 33.4 Å². The van der Waals surface area contributed by atoms with Crippen LogP contribution >= 0.6 is 11.8 Å². The lowest BCUT2D eigenvalue weighted by molar-refractivity contribution is 1.15. The van der Waals surface area contributed by atoms with Gasteiger partial charge in [0.1, 0.15) is 0 Å². The summed E-state index contributed by atoms with van der Waals surface area (Å²) in [7, 11) is 0. The highest BCUT2D eigenvalue weighted by molar-refractivity contribution is 7.98. The molecule has 1 aromatic heterocycles. The number of pyridine rings is 1. The first-order valence-electron chi connectivity index (χ1n) is 8.60. The average molecular weight is 343 g/mol. The van der Waals surface area contributed by atoms with Crippen molar-refractivity contribution in [1.29, 1.82) is 0 Å². The molecular weight excluding hydrogens is 322 g/mol. The van der Waals surface area contributed by atoms with E-state index in [1.807, 2.05) is 11.8 Å². The molecule has 0 amide bonds. The summed E-state index contributed by atoms with van der Waals surface area (Å²) in [5, 5.41) is 5.01. The highest BCUT2D eigenvalue weighted by atomic mass is 32.2. The van der Waals surface area contributed by atoms with E-state index in [4.69, 9.17) is 4.98 Å². The topological polar surface area (TPSA) is 12.9 Å². The van der Waals surface area contributed by atoms with Crippen molar-refractivity contribution in [3.63, 3.8) is 0 Å². The highest BCUT2D eigenvalue weighted by Crippen LogP contribution is 2.30. The maximum atomic E-state index is 4.93. The lowest BCUT2D eigenvalue weighted by atomic mass is 10.0. The second-order valence-corrected chi connectivity index (χ2v) is 7.68. The minimum atomic E-state index is 0.935. The number of aromatic nitrogens is 1. The number of hydrogen-bond donors (Lipinski definition) is 0. The summed E-state index contributed by atoms with van der Waals surface area (Å²) in [4.78, 5) is 4.93. The van der Waals surface area contributed by atoms with E-state index in [0.29, 0.717) is 0 Å². The molecule has 25 heavy (non-hydrogen) atoms. The van der Waals surface area contributed by atoms with Crippen LogP contribution in [0.15, 0.2) is 65.7 Å². The van der Waals surface area contributed by atoms with Gasteiger partial charge in [0.2, 0.25) is 0 Å². The fraction of sp³-hybridized carbons (Fsp3) is 0.174. The number of fused-ring (bicyclic) bond motifs is 2. The van der Waals surface area contributed by atoms with E-state index in [0.717, 1.165) is 16.3 Å². The van der Waals surface area contributed by atoms with Crippen molar-refractivity contribution in [1.82, 2.24) is 4.98 Å². The molecule has 0 fully saturated rings. The SMILES string of the molecule is Cc1cc(C)c2nc(SCc3cccc4ccccc34)cc(C)c2c1. The first kappa shape index (κ1) is 16.2. The Morgan fingerprint density at radius 3 is 2.48 bits per heavy atom. The summed E-state index contributed by atoms with van der Waals surface area (Å²) in [6, 6.07) is 21.8. The van der Waals surface area contributed by atoms with Crippen LogP contribution in [-0.4, -0.2) is 4.98 Å². The highest BCUT2D eigenvalue weighted by Gasteiger charge is 2.08. The molecule has 3 aromatic carbocycles. The van der Waals surface area contributed by atoms with Crippen molar-refractivity contribution in [3.05, 3.63) is 82.9 Å². The first-order valence-corrected chi connectivity index (χ1v) is 9.58. The Hall–Kier alpha value is -2.32. The van der Waals surface area contributed by atoms with Crippen LogP contribution in [0.1, 0.15) is 22.3 Å². The Labute approximate surface area is 153 Å². The third kappa shape index (κ3) is 3.14. The summed E-state index contributed by atoms with van der Waals surface area (Å²) in [5.74, 6) is 0.935. The van der Waals surface area contributed by atoms with Gasteiger partial charge in [0.25, 0.3) is 0 Å². The molecule has 0 aliphatic heterocycles. The van der Waals surface area contributed by atoms with E-state index in [1.165, 1.54) is 38.4 Å². The van der Waals surface area contributed by atoms with Crippen molar-refractivity contribution < 1.29 is 0 Å². The zero-order chi connectivity index (χ0) is 17.4. The molecule has 0 saturated heterocycles. The predicted octanol–water partition coefficient (Wildman–Crippen LogP) is 6.61. The van der Waals surface area contributed by atoms with Gasteiger partial charge in [-0.3, -0.25) is 0 Å². The number of benzene rings is 3. The number of hydrogen-bond acceptors (Lipinski definition) is 2. The van der Waals surface area contributed by atoms with Crippen LogP contribution in [0.3, 0.4) is 0 Å². The molecule has 0 bridgehead atoms.